The van der Waals surface area contributed by atoms with E-state index in [0.717, 1.165) is 28.7 Å². The quantitative estimate of drug-likeness (QED) is 0.0425. The Morgan fingerprint density at radius 2 is 0.831 bits per heavy atom. The van der Waals surface area contributed by atoms with Crippen LogP contribution in [0.4, 0.5) is 5.82 Å². The highest BCUT2D eigenvalue weighted by Gasteiger charge is 2.53. The Hall–Kier alpha value is -9.93. The number of hydrogen-bond donors (Lipinski definition) is 0. The summed E-state index contributed by atoms with van der Waals surface area (Å²) < 4.78 is -1.23. The molecule has 9 rings (SSSR count). The Morgan fingerprint density at radius 3 is 1.26 bits per heavy atom. The van der Waals surface area contributed by atoms with Gasteiger partial charge in [-0.15, -0.1) is 15.8 Å². The first-order valence-corrected chi connectivity index (χ1v) is 25.6. The number of aromatic nitrogens is 2. The van der Waals surface area contributed by atoms with Crippen molar-refractivity contribution in [2.24, 2.45) is 0 Å². The van der Waals surface area contributed by atoms with Crippen molar-refractivity contribution in [3.05, 3.63) is 304 Å². The number of thiazole rings is 1. The molecule has 0 aliphatic heterocycles. The Kier molecular flexibility index (Phi) is 17.1. The number of nitrogens with zero attached hydrogens (tertiary/aromatic N) is 3. The number of carbonyl (C=O) groups is 5. The molecule has 8 nitrogen and oxygen atoms in total. The molecule has 0 aliphatic carbocycles. The van der Waals surface area contributed by atoms with Gasteiger partial charge in [-0.05, 0) is 63.8 Å². The van der Waals surface area contributed by atoms with Crippen molar-refractivity contribution >= 4 is 83.2 Å². The number of ketones is 3. The number of quaternary nitrogens is 1. The molecule has 0 N–H and O–H groups in total. The molecule has 0 unspecified atom stereocenters. The lowest BCUT2D eigenvalue weighted by Gasteiger charge is -2.35. The summed E-state index contributed by atoms with van der Waals surface area (Å²) in [5.74, 6) is -2.57. The molecule has 9 heteroatoms. The SMILES string of the molecule is O=Cc1sc(-c2ccnc([N+](C(=O)CC(=Cc3ccccc3)C(=O)C=Cc3ccccc3)(C(=Cc3ccccc3)C(=O)C=Cc3ccccc3)C(=Cc3ccccc3)C(=O)C=Cc3ccccc3)c2)nc1-c1ccccc1. The first-order chi connectivity index (χ1) is 37.8. The summed E-state index contributed by atoms with van der Waals surface area (Å²) in [4.78, 5) is 86.9. The van der Waals surface area contributed by atoms with Crippen LogP contribution in [0.25, 0.3) is 58.3 Å². The minimum atomic E-state index is -1.23. The maximum atomic E-state index is 17.0. The van der Waals surface area contributed by atoms with Gasteiger partial charge in [0.25, 0.3) is 0 Å². The molecule has 0 saturated heterocycles. The van der Waals surface area contributed by atoms with Gasteiger partial charge in [-0.25, -0.2) is 14.8 Å². The lowest BCUT2D eigenvalue weighted by atomic mass is 9.96. The lowest BCUT2D eigenvalue weighted by molar-refractivity contribution is -0.130. The summed E-state index contributed by atoms with van der Waals surface area (Å²) in [6, 6.07) is 67.9. The highest BCUT2D eigenvalue weighted by Crippen LogP contribution is 2.42. The third kappa shape index (κ3) is 12.9. The molecular formula is C68H50N3O5S+. The zero-order valence-corrected chi connectivity index (χ0v) is 42.5. The lowest BCUT2D eigenvalue weighted by Crippen LogP contribution is -2.56. The van der Waals surface area contributed by atoms with Crippen molar-refractivity contribution in [1.29, 1.82) is 0 Å². The van der Waals surface area contributed by atoms with Crippen LogP contribution >= 0.6 is 11.3 Å². The van der Waals surface area contributed by atoms with Crippen LogP contribution in [0.3, 0.4) is 0 Å². The zero-order chi connectivity index (χ0) is 53.2. The van der Waals surface area contributed by atoms with E-state index in [2.05, 4.69) is 0 Å². The Labute approximate surface area is 451 Å². The second-order valence-electron chi connectivity index (χ2n) is 17.6. The molecule has 1 amide bonds. The topological polar surface area (TPSA) is 111 Å². The number of amides is 1. The van der Waals surface area contributed by atoms with Gasteiger partial charge in [0.05, 0.1) is 17.0 Å². The average Bonchev–Trinajstić information content (AvgIpc) is 4.08. The third-order valence-electron chi connectivity index (χ3n) is 12.4. The monoisotopic (exact) mass is 1020 g/mol. The Balaban J connectivity index is 1.39. The number of pyridine rings is 1. The Bertz CT molecular complexity index is 3600. The molecule has 9 aromatic rings. The number of hydrogen-bond acceptors (Lipinski definition) is 8. The fourth-order valence-electron chi connectivity index (χ4n) is 8.65. The molecule has 372 valence electrons. The maximum Gasteiger partial charge on any atom is 0.334 e. The predicted octanol–water partition coefficient (Wildman–Crippen LogP) is 14.9. The summed E-state index contributed by atoms with van der Waals surface area (Å²) in [6.07, 6.45) is 15.7. The van der Waals surface area contributed by atoms with E-state index in [9.17, 15) is 9.59 Å². The van der Waals surface area contributed by atoms with Gasteiger partial charge < -0.3 is 0 Å². The molecule has 2 heterocycles. The largest absolute Gasteiger partial charge is 0.334 e. The molecular weight excluding hydrogens is 971 g/mol. The van der Waals surface area contributed by atoms with E-state index in [1.807, 2.05) is 188 Å². The third-order valence-corrected chi connectivity index (χ3v) is 13.5. The van der Waals surface area contributed by atoms with Crippen LogP contribution in [-0.4, -0.2) is 39.5 Å². The number of aldehydes is 1. The normalized spacial score (nSPS) is 12.9. The number of allylic oxidation sites excluding steroid dienone is 3. The van der Waals surface area contributed by atoms with Crippen LogP contribution < -0.4 is 4.48 Å². The van der Waals surface area contributed by atoms with E-state index in [4.69, 9.17) is 9.97 Å². The fraction of sp³-hybridized carbons (Fsp3) is 0.0147. The average molecular weight is 1020 g/mol. The van der Waals surface area contributed by atoms with E-state index in [0.29, 0.717) is 49.0 Å². The standard InChI is InChI=1S/C68H50N3O5S/c72-49-64-67(56-34-20-7-21-35-56)70-68(77-64)57-42-43-69-65(47-57)71(59(45-54-30-16-5-17-31-54)62(74)40-37-51-24-10-2-11-25-51,60(46-55-32-18-6-19-33-55)63(75)41-38-52-26-12-3-13-27-52)66(76)48-58(44-53-28-14-4-15-29-53)61(73)39-36-50-22-8-1-9-23-50/h1-47,49H,48H2/q+1. The number of rotatable bonds is 20. The van der Waals surface area contributed by atoms with Crippen LogP contribution in [-0.2, 0) is 19.2 Å². The number of carbonyl (C=O) groups excluding carboxylic acids is 5. The van der Waals surface area contributed by atoms with Gasteiger partial charge in [0.2, 0.25) is 17.4 Å². The van der Waals surface area contributed by atoms with Gasteiger partial charge in [0, 0.05) is 41.1 Å². The summed E-state index contributed by atoms with van der Waals surface area (Å²) in [6.45, 7) is 0. The summed E-state index contributed by atoms with van der Waals surface area (Å²) in [5.41, 5.74) is 5.25. The fourth-order valence-corrected chi connectivity index (χ4v) is 9.55. The smallest absolute Gasteiger partial charge is 0.297 e. The zero-order valence-electron chi connectivity index (χ0n) is 41.7. The predicted molar refractivity (Wildman–Crippen MR) is 312 cm³/mol. The van der Waals surface area contributed by atoms with Gasteiger partial charge in [0.15, 0.2) is 23.5 Å². The van der Waals surface area contributed by atoms with Gasteiger partial charge >= 0.3 is 5.91 Å². The van der Waals surface area contributed by atoms with Crippen LogP contribution in [0.2, 0.25) is 0 Å². The van der Waals surface area contributed by atoms with Crippen molar-refractivity contribution < 1.29 is 24.0 Å². The second-order valence-corrected chi connectivity index (χ2v) is 18.7. The first-order valence-electron chi connectivity index (χ1n) is 24.8. The van der Waals surface area contributed by atoms with Crippen molar-refractivity contribution in [1.82, 2.24) is 14.5 Å². The molecule has 0 spiro atoms. The highest BCUT2D eigenvalue weighted by atomic mass is 32.1. The van der Waals surface area contributed by atoms with E-state index in [-0.39, 0.29) is 22.8 Å². The molecule has 0 fully saturated rings. The van der Waals surface area contributed by atoms with Crippen molar-refractivity contribution in [2.75, 3.05) is 0 Å². The van der Waals surface area contributed by atoms with Crippen LogP contribution in [0.1, 0.15) is 49.5 Å². The molecule has 77 heavy (non-hydrogen) atoms. The van der Waals surface area contributed by atoms with Crippen LogP contribution in [0.15, 0.2) is 266 Å². The van der Waals surface area contributed by atoms with Crippen molar-refractivity contribution in [3.63, 3.8) is 0 Å². The molecule has 0 saturated carbocycles. The summed E-state index contributed by atoms with van der Waals surface area (Å²) >= 11 is 1.16. The van der Waals surface area contributed by atoms with E-state index < -0.39 is 34.2 Å². The van der Waals surface area contributed by atoms with Crippen LogP contribution in [0, 0.1) is 0 Å². The molecule has 0 bridgehead atoms. The number of benzene rings is 7. The Morgan fingerprint density at radius 1 is 0.442 bits per heavy atom. The maximum absolute atomic E-state index is 17.0. The minimum Gasteiger partial charge on any atom is -0.297 e. The second kappa shape index (κ2) is 25.3. The van der Waals surface area contributed by atoms with E-state index in [1.54, 1.807) is 72.9 Å². The van der Waals surface area contributed by atoms with Gasteiger partial charge in [-0.2, -0.15) is 0 Å². The summed E-state index contributed by atoms with van der Waals surface area (Å²) in [5, 5.41) is 0.416. The molecule has 0 atom stereocenters. The first kappa shape index (κ1) is 52.0. The summed E-state index contributed by atoms with van der Waals surface area (Å²) in [7, 11) is 0. The molecule has 0 radical (unpaired) electrons. The molecule has 2 aromatic heterocycles. The van der Waals surface area contributed by atoms with Crippen molar-refractivity contribution in [2.45, 2.75) is 6.42 Å². The molecule has 0 aliphatic rings. The van der Waals surface area contributed by atoms with Crippen LogP contribution in [0.5, 0.6) is 0 Å². The van der Waals surface area contributed by atoms with Gasteiger partial charge in [0.1, 0.15) is 5.01 Å². The highest BCUT2D eigenvalue weighted by molar-refractivity contribution is 7.17. The molecule has 7 aromatic carbocycles. The van der Waals surface area contributed by atoms with E-state index >= 15 is 14.4 Å². The minimum absolute atomic E-state index is 0.0600. The van der Waals surface area contributed by atoms with Gasteiger partial charge in [-0.3, -0.25) is 19.2 Å². The van der Waals surface area contributed by atoms with E-state index in [1.165, 1.54) is 24.4 Å². The van der Waals surface area contributed by atoms with Crippen molar-refractivity contribution in [3.8, 4) is 21.8 Å². The van der Waals surface area contributed by atoms with Gasteiger partial charge in [-0.1, -0.05) is 231 Å².